The Morgan fingerprint density at radius 2 is 1.83 bits per heavy atom. The number of methoxy groups -OCH3 is 1. The monoisotopic (exact) mass is 406 g/mol. The Hall–Kier alpha value is -3.71. The summed E-state index contributed by atoms with van der Waals surface area (Å²) in [6.45, 7) is 0. The molecule has 2 heterocycles. The first-order valence-corrected chi connectivity index (χ1v) is 9.45. The maximum Gasteiger partial charge on any atom is 0.353 e. The molecule has 0 bridgehead atoms. The third-order valence-electron chi connectivity index (χ3n) is 4.20. The fourth-order valence-electron chi connectivity index (χ4n) is 2.77. The zero-order valence-corrected chi connectivity index (χ0v) is 16.0. The van der Waals surface area contributed by atoms with Crippen LogP contribution in [0.1, 0.15) is 36.0 Å². The molecule has 0 amide bonds. The van der Waals surface area contributed by atoms with Gasteiger partial charge in [-0.1, -0.05) is 18.2 Å². The standard InChI is InChI=1S/C22H14O6S/c1-26-21(24)14-6-4-13(5-7-14)11-18-20(23)16-9-8-15(12-17(16)28-18)27-22(25)19-3-2-10-29-19/h2-12H,1H3/b18-11+. The van der Waals surface area contributed by atoms with Gasteiger partial charge >= 0.3 is 11.9 Å². The molecule has 0 unspecified atom stereocenters. The lowest BCUT2D eigenvalue weighted by Gasteiger charge is -2.04. The number of thiophene rings is 1. The minimum Gasteiger partial charge on any atom is -0.465 e. The average Bonchev–Trinajstić information content (AvgIpc) is 3.37. The number of carbonyl (C=O) groups excluding carboxylic acids is 3. The molecule has 2 aromatic carbocycles. The van der Waals surface area contributed by atoms with Gasteiger partial charge in [-0.25, -0.2) is 9.59 Å². The first-order valence-electron chi connectivity index (χ1n) is 8.57. The summed E-state index contributed by atoms with van der Waals surface area (Å²) in [6, 6.07) is 14.7. The molecule has 0 fully saturated rings. The molecule has 0 atom stereocenters. The highest BCUT2D eigenvalue weighted by Crippen LogP contribution is 2.35. The van der Waals surface area contributed by atoms with Crippen LogP contribution in [0.25, 0.3) is 6.08 Å². The third-order valence-corrected chi connectivity index (χ3v) is 5.05. The number of benzene rings is 2. The van der Waals surface area contributed by atoms with E-state index in [1.54, 1.807) is 60.0 Å². The number of esters is 2. The molecule has 0 aliphatic carbocycles. The number of allylic oxidation sites excluding steroid dienone is 1. The quantitative estimate of drug-likeness (QED) is 0.364. The Bertz CT molecular complexity index is 1130. The van der Waals surface area contributed by atoms with E-state index in [0.717, 1.165) is 0 Å². The lowest BCUT2D eigenvalue weighted by Crippen LogP contribution is -2.06. The average molecular weight is 406 g/mol. The van der Waals surface area contributed by atoms with E-state index in [1.165, 1.54) is 24.5 Å². The number of carbonyl (C=O) groups is 3. The van der Waals surface area contributed by atoms with E-state index in [-0.39, 0.29) is 11.5 Å². The largest absolute Gasteiger partial charge is 0.465 e. The van der Waals surface area contributed by atoms with Crippen LogP contribution < -0.4 is 9.47 Å². The maximum absolute atomic E-state index is 12.6. The van der Waals surface area contributed by atoms with Gasteiger partial charge in [-0.15, -0.1) is 11.3 Å². The number of fused-ring (bicyclic) bond motifs is 1. The summed E-state index contributed by atoms with van der Waals surface area (Å²) in [5.41, 5.74) is 1.49. The van der Waals surface area contributed by atoms with Crippen molar-refractivity contribution in [2.24, 2.45) is 0 Å². The van der Waals surface area contributed by atoms with Crippen molar-refractivity contribution >= 4 is 35.1 Å². The Balaban J connectivity index is 1.52. The van der Waals surface area contributed by atoms with Crippen LogP contribution in [0.15, 0.2) is 65.7 Å². The molecule has 1 aromatic heterocycles. The van der Waals surface area contributed by atoms with Crippen molar-refractivity contribution in [1.29, 1.82) is 0 Å². The van der Waals surface area contributed by atoms with Crippen molar-refractivity contribution in [2.45, 2.75) is 0 Å². The first kappa shape index (κ1) is 18.6. The highest BCUT2D eigenvalue weighted by atomic mass is 32.1. The summed E-state index contributed by atoms with van der Waals surface area (Å²) in [5, 5.41) is 1.79. The third kappa shape index (κ3) is 3.81. The zero-order valence-electron chi connectivity index (χ0n) is 15.2. The molecule has 1 aliphatic heterocycles. The molecule has 3 aromatic rings. The molecule has 6 nitrogen and oxygen atoms in total. The molecule has 4 rings (SSSR count). The van der Waals surface area contributed by atoms with E-state index in [1.807, 2.05) is 0 Å². The molecular weight excluding hydrogens is 392 g/mol. The summed E-state index contributed by atoms with van der Waals surface area (Å²) in [7, 11) is 1.31. The Labute approximate surface area is 170 Å². The predicted molar refractivity (Wildman–Crippen MR) is 106 cm³/mol. The van der Waals surface area contributed by atoms with Crippen LogP contribution >= 0.6 is 11.3 Å². The molecule has 0 saturated carbocycles. The van der Waals surface area contributed by atoms with Gasteiger partial charge in [0.15, 0.2) is 5.76 Å². The molecular formula is C22H14O6S. The molecule has 0 spiro atoms. The van der Waals surface area contributed by atoms with Crippen molar-refractivity contribution in [3.8, 4) is 11.5 Å². The van der Waals surface area contributed by atoms with Gasteiger partial charge in [-0.2, -0.15) is 0 Å². The number of hydrogen-bond donors (Lipinski definition) is 0. The molecule has 0 radical (unpaired) electrons. The number of ketones is 1. The van der Waals surface area contributed by atoms with E-state index in [4.69, 9.17) is 9.47 Å². The number of Topliss-reactive ketones (excluding diaryl/α,β-unsaturated/α-hetero) is 1. The second-order valence-electron chi connectivity index (χ2n) is 6.08. The fourth-order valence-corrected chi connectivity index (χ4v) is 3.37. The van der Waals surface area contributed by atoms with Crippen molar-refractivity contribution in [2.75, 3.05) is 7.11 Å². The lowest BCUT2D eigenvalue weighted by atomic mass is 10.1. The van der Waals surface area contributed by atoms with Gasteiger partial charge in [0.05, 0.1) is 18.2 Å². The Morgan fingerprint density at radius 3 is 2.52 bits per heavy atom. The van der Waals surface area contributed by atoms with Crippen LogP contribution in [-0.2, 0) is 4.74 Å². The van der Waals surface area contributed by atoms with Crippen LogP contribution in [-0.4, -0.2) is 24.8 Å². The van der Waals surface area contributed by atoms with E-state index in [0.29, 0.717) is 33.1 Å². The molecule has 0 saturated heterocycles. The van der Waals surface area contributed by atoms with Crippen LogP contribution in [0, 0.1) is 0 Å². The molecule has 144 valence electrons. The first-order chi connectivity index (χ1) is 14.0. The van der Waals surface area contributed by atoms with Gasteiger partial charge in [-0.3, -0.25) is 4.79 Å². The summed E-state index contributed by atoms with van der Waals surface area (Å²) in [6.07, 6.45) is 1.58. The predicted octanol–water partition coefficient (Wildman–Crippen LogP) is 4.37. The minimum absolute atomic E-state index is 0.146. The fraction of sp³-hybridized carbons (Fsp3) is 0.0455. The zero-order chi connectivity index (χ0) is 20.4. The number of ether oxygens (including phenoxy) is 3. The maximum atomic E-state index is 12.6. The molecule has 7 heteroatoms. The van der Waals surface area contributed by atoms with Gasteiger partial charge in [-0.05, 0) is 47.4 Å². The van der Waals surface area contributed by atoms with Crippen LogP contribution in [0.3, 0.4) is 0 Å². The summed E-state index contributed by atoms with van der Waals surface area (Å²) in [5.74, 6) is -0.413. The lowest BCUT2D eigenvalue weighted by molar-refractivity contribution is 0.0600. The molecule has 0 N–H and O–H groups in total. The smallest absolute Gasteiger partial charge is 0.353 e. The highest BCUT2D eigenvalue weighted by molar-refractivity contribution is 7.12. The molecule has 1 aliphatic rings. The second-order valence-corrected chi connectivity index (χ2v) is 7.03. The van der Waals surface area contributed by atoms with Crippen molar-refractivity contribution in [1.82, 2.24) is 0 Å². The van der Waals surface area contributed by atoms with Crippen LogP contribution in [0.2, 0.25) is 0 Å². The van der Waals surface area contributed by atoms with E-state index in [2.05, 4.69) is 4.74 Å². The SMILES string of the molecule is COC(=O)c1ccc(/C=C2/Oc3cc(OC(=O)c4cccs4)ccc3C2=O)cc1. The Kier molecular flexibility index (Phi) is 4.97. The van der Waals surface area contributed by atoms with E-state index >= 15 is 0 Å². The summed E-state index contributed by atoms with van der Waals surface area (Å²) in [4.78, 5) is 36.6. The number of rotatable bonds is 4. The van der Waals surface area contributed by atoms with Gasteiger partial charge < -0.3 is 14.2 Å². The van der Waals surface area contributed by atoms with Crippen molar-refractivity contribution < 1.29 is 28.6 Å². The summed E-state index contributed by atoms with van der Waals surface area (Å²) >= 11 is 1.28. The van der Waals surface area contributed by atoms with Gasteiger partial charge in [0, 0.05) is 6.07 Å². The second kappa shape index (κ2) is 7.73. The van der Waals surface area contributed by atoms with Gasteiger partial charge in [0.1, 0.15) is 16.4 Å². The topological polar surface area (TPSA) is 78.9 Å². The van der Waals surface area contributed by atoms with Crippen LogP contribution in [0.4, 0.5) is 0 Å². The van der Waals surface area contributed by atoms with E-state index < -0.39 is 11.9 Å². The normalized spacial score (nSPS) is 13.7. The van der Waals surface area contributed by atoms with Crippen molar-refractivity contribution in [3.05, 3.63) is 87.3 Å². The van der Waals surface area contributed by atoms with Crippen LogP contribution in [0.5, 0.6) is 11.5 Å². The van der Waals surface area contributed by atoms with Gasteiger partial charge in [0.2, 0.25) is 5.78 Å². The van der Waals surface area contributed by atoms with E-state index in [9.17, 15) is 14.4 Å². The minimum atomic E-state index is -0.467. The Morgan fingerprint density at radius 1 is 1.03 bits per heavy atom. The van der Waals surface area contributed by atoms with Gasteiger partial charge in [0.25, 0.3) is 0 Å². The number of hydrogen-bond acceptors (Lipinski definition) is 7. The highest BCUT2D eigenvalue weighted by Gasteiger charge is 2.28. The molecule has 29 heavy (non-hydrogen) atoms. The van der Waals surface area contributed by atoms with Crippen molar-refractivity contribution in [3.63, 3.8) is 0 Å². The summed E-state index contributed by atoms with van der Waals surface area (Å²) < 4.78 is 15.7.